The molecule has 0 spiro atoms. The van der Waals surface area contributed by atoms with E-state index in [1.54, 1.807) is 11.8 Å². The average Bonchev–Trinajstić information content (AvgIpc) is 3.04. The highest BCUT2D eigenvalue weighted by molar-refractivity contribution is 14.1. The number of benzene rings is 2. The third-order valence-corrected chi connectivity index (χ3v) is 5.49. The lowest BCUT2D eigenvalue weighted by Crippen LogP contribution is -2.12. The molecule has 6 heteroatoms. The van der Waals surface area contributed by atoms with Gasteiger partial charge in [-0.2, -0.15) is 0 Å². The van der Waals surface area contributed by atoms with Crippen molar-refractivity contribution >= 4 is 56.7 Å². The Morgan fingerprint density at radius 1 is 1.17 bits per heavy atom. The molecule has 3 nitrogen and oxygen atoms in total. The minimum absolute atomic E-state index is 0.126. The number of thiazole rings is 1. The van der Waals surface area contributed by atoms with Crippen molar-refractivity contribution in [3.8, 4) is 11.3 Å². The minimum atomic E-state index is -0.126. The standard InChI is InChI=1S/C17H13IN2OS2/c1-22-15-5-3-2-4-13(15)16(21)20-17-19-14(10-23-17)11-6-8-12(18)9-7-11/h2-10H,1H3,(H,19,20,21). The number of amides is 1. The molecule has 0 atom stereocenters. The first-order valence-corrected chi connectivity index (χ1v) is 10.0. The van der Waals surface area contributed by atoms with Gasteiger partial charge in [0.15, 0.2) is 5.13 Å². The zero-order chi connectivity index (χ0) is 16.2. The first kappa shape index (κ1) is 16.5. The number of carbonyl (C=O) groups excluding carboxylic acids is 1. The number of thioether (sulfide) groups is 1. The Morgan fingerprint density at radius 2 is 1.91 bits per heavy atom. The molecule has 0 radical (unpaired) electrons. The van der Waals surface area contributed by atoms with Crippen LogP contribution in [0.5, 0.6) is 0 Å². The lowest BCUT2D eigenvalue weighted by Gasteiger charge is -2.06. The monoisotopic (exact) mass is 452 g/mol. The molecule has 1 aromatic heterocycles. The number of hydrogen-bond donors (Lipinski definition) is 1. The largest absolute Gasteiger partial charge is 0.298 e. The third-order valence-electron chi connectivity index (χ3n) is 3.22. The number of carbonyl (C=O) groups is 1. The van der Waals surface area contributed by atoms with Gasteiger partial charge in [-0.15, -0.1) is 23.1 Å². The molecule has 2 aromatic carbocycles. The number of rotatable bonds is 4. The Balaban J connectivity index is 1.79. The lowest BCUT2D eigenvalue weighted by molar-refractivity contribution is 0.102. The van der Waals surface area contributed by atoms with Crippen molar-refractivity contribution in [2.75, 3.05) is 11.6 Å². The molecule has 0 fully saturated rings. The van der Waals surface area contributed by atoms with E-state index in [0.717, 1.165) is 16.2 Å². The molecule has 1 heterocycles. The van der Waals surface area contributed by atoms with Crippen LogP contribution in [0.3, 0.4) is 0 Å². The van der Waals surface area contributed by atoms with Gasteiger partial charge in [-0.3, -0.25) is 10.1 Å². The molecule has 116 valence electrons. The van der Waals surface area contributed by atoms with E-state index in [2.05, 4.69) is 32.9 Å². The average molecular weight is 452 g/mol. The quantitative estimate of drug-likeness (QED) is 0.427. The van der Waals surface area contributed by atoms with E-state index in [9.17, 15) is 4.79 Å². The maximum absolute atomic E-state index is 12.4. The fourth-order valence-electron chi connectivity index (χ4n) is 2.08. The van der Waals surface area contributed by atoms with E-state index in [1.807, 2.05) is 60.2 Å². The fraction of sp³-hybridized carbons (Fsp3) is 0.0588. The van der Waals surface area contributed by atoms with Crippen LogP contribution in [-0.4, -0.2) is 17.1 Å². The van der Waals surface area contributed by atoms with E-state index in [0.29, 0.717) is 10.7 Å². The molecule has 0 unspecified atom stereocenters. The molecule has 3 rings (SSSR count). The van der Waals surface area contributed by atoms with E-state index in [1.165, 1.54) is 14.9 Å². The summed E-state index contributed by atoms with van der Waals surface area (Å²) in [5.74, 6) is -0.126. The summed E-state index contributed by atoms with van der Waals surface area (Å²) in [7, 11) is 0. The van der Waals surface area contributed by atoms with Crippen LogP contribution in [0.4, 0.5) is 5.13 Å². The highest BCUT2D eigenvalue weighted by Gasteiger charge is 2.13. The van der Waals surface area contributed by atoms with Crippen molar-refractivity contribution in [2.45, 2.75) is 4.90 Å². The Hall–Kier alpha value is -1.38. The van der Waals surface area contributed by atoms with E-state index in [-0.39, 0.29) is 5.91 Å². The Kier molecular flexibility index (Phi) is 5.34. The maximum Gasteiger partial charge on any atom is 0.258 e. The smallest absolute Gasteiger partial charge is 0.258 e. The van der Waals surface area contributed by atoms with Crippen LogP contribution in [-0.2, 0) is 0 Å². The Bertz CT molecular complexity index is 831. The number of nitrogens with zero attached hydrogens (tertiary/aromatic N) is 1. The second kappa shape index (κ2) is 7.46. The molecule has 23 heavy (non-hydrogen) atoms. The molecular formula is C17H13IN2OS2. The molecule has 0 aliphatic rings. The molecule has 3 aromatic rings. The van der Waals surface area contributed by atoms with Crippen molar-refractivity contribution < 1.29 is 4.79 Å². The zero-order valence-electron chi connectivity index (χ0n) is 12.2. The summed E-state index contributed by atoms with van der Waals surface area (Å²) >= 11 is 5.27. The number of aromatic nitrogens is 1. The summed E-state index contributed by atoms with van der Waals surface area (Å²) in [5, 5.41) is 5.46. The highest BCUT2D eigenvalue weighted by atomic mass is 127. The molecule has 0 aliphatic carbocycles. The predicted octanol–water partition coefficient (Wildman–Crippen LogP) is 5.39. The summed E-state index contributed by atoms with van der Waals surface area (Å²) in [4.78, 5) is 17.9. The van der Waals surface area contributed by atoms with Gasteiger partial charge in [0.05, 0.1) is 11.3 Å². The molecule has 1 amide bonds. The maximum atomic E-state index is 12.4. The van der Waals surface area contributed by atoms with Gasteiger partial charge in [0.2, 0.25) is 0 Å². The Labute approximate surface area is 156 Å². The normalized spacial score (nSPS) is 10.5. The van der Waals surface area contributed by atoms with Crippen molar-refractivity contribution in [2.24, 2.45) is 0 Å². The molecule has 0 bridgehead atoms. The summed E-state index contributed by atoms with van der Waals surface area (Å²) in [6.07, 6.45) is 1.96. The van der Waals surface area contributed by atoms with Gasteiger partial charge in [0.25, 0.3) is 5.91 Å². The zero-order valence-corrected chi connectivity index (χ0v) is 16.0. The van der Waals surface area contributed by atoms with E-state index < -0.39 is 0 Å². The summed E-state index contributed by atoms with van der Waals surface area (Å²) in [6, 6.07) is 15.7. The molecule has 0 aliphatic heterocycles. The molecule has 0 saturated carbocycles. The van der Waals surface area contributed by atoms with Crippen molar-refractivity contribution in [3.63, 3.8) is 0 Å². The van der Waals surface area contributed by atoms with Gasteiger partial charge in [-0.05, 0) is 53.1 Å². The SMILES string of the molecule is CSc1ccccc1C(=O)Nc1nc(-c2ccc(I)cc2)cs1. The second-order valence-electron chi connectivity index (χ2n) is 4.70. The summed E-state index contributed by atoms with van der Waals surface area (Å²) in [5.41, 5.74) is 2.59. The number of hydrogen-bond acceptors (Lipinski definition) is 4. The first-order chi connectivity index (χ1) is 11.2. The van der Waals surface area contributed by atoms with Crippen molar-refractivity contribution in [1.82, 2.24) is 4.98 Å². The van der Waals surface area contributed by atoms with E-state index >= 15 is 0 Å². The van der Waals surface area contributed by atoms with Gasteiger partial charge in [0, 0.05) is 19.4 Å². The van der Waals surface area contributed by atoms with Crippen molar-refractivity contribution in [3.05, 3.63) is 63.0 Å². The fourth-order valence-corrected chi connectivity index (χ4v) is 3.75. The van der Waals surface area contributed by atoms with Crippen LogP contribution >= 0.6 is 45.7 Å². The van der Waals surface area contributed by atoms with Crippen LogP contribution in [0.1, 0.15) is 10.4 Å². The number of halogens is 1. The lowest BCUT2D eigenvalue weighted by atomic mass is 10.2. The first-order valence-electron chi connectivity index (χ1n) is 6.83. The topological polar surface area (TPSA) is 42.0 Å². The van der Waals surface area contributed by atoms with E-state index in [4.69, 9.17) is 0 Å². The molecule has 1 N–H and O–H groups in total. The molecular weight excluding hydrogens is 439 g/mol. The van der Waals surface area contributed by atoms with Crippen LogP contribution in [0.15, 0.2) is 58.8 Å². The Morgan fingerprint density at radius 3 is 2.65 bits per heavy atom. The minimum Gasteiger partial charge on any atom is -0.298 e. The van der Waals surface area contributed by atoms with Crippen LogP contribution < -0.4 is 5.32 Å². The number of nitrogens with one attached hydrogen (secondary N) is 1. The molecule has 0 saturated heterocycles. The van der Waals surface area contributed by atoms with Crippen LogP contribution in [0.2, 0.25) is 0 Å². The number of anilines is 1. The summed E-state index contributed by atoms with van der Waals surface area (Å²) < 4.78 is 1.18. The second-order valence-corrected chi connectivity index (χ2v) is 7.65. The van der Waals surface area contributed by atoms with Gasteiger partial charge in [0.1, 0.15) is 0 Å². The van der Waals surface area contributed by atoms with Crippen LogP contribution in [0, 0.1) is 3.57 Å². The summed E-state index contributed by atoms with van der Waals surface area (Å²) in [6.45, 7) is 0. The van der Waals surface area contributed by atoms with Gasteiger partial charge in [-0.25, -0.2) is 4.98 Å². The highest BCUT2D eigenvalue weighted by Crippen LogP contribution is 2.27. The van der Waals surface area contributed by atoms with Gasteiger partial charge >= 0.3 is 0 Å². The third kappa shape index (κ3) is 3.94. The predicted molar refractivity (Wildman–Crippen MR) is 106 cm³/mol. The van der Waals surface area contributed by atoms with Gasteiger partial charge < -0.3 is 0 Å². The van der Waals surface area contributed by atoms with Crippen LogP contribution in [0.25, 0.3) is 11.3 Å². The van der Waals surface area contributed by atoms with Gasteiger partial charge in [-0.1, -0.05) is 24.3 Å². The van der Waals surface area contributed by atoms with Crippen molar-refractivity contribution in [1.29, 1.82) is 0 Å².